The lowest BCUT2D eigenvalue weighted by Gasteiger charge is -2.25. The lowest BCUT2D eigenvalue weighted by Crippen LogP contribution is -2.39. The largest absolute Gasteiger partial charge is 0.491 e. The number of nitrogens with zero attached hydrogens (tertiary/aromatic N) is 2. The highest BCUT2D eigenvalue weighted by molar-refractivity contribution is 7.07. The van der Waals surface area contributed by atoms with Crippen LogP contribution in [0.4, 0.5) is 0 Å². The number of ether oxygens (including phenoxy) is 3. The molecule has 1 aliphatic rings. The summed E-state index contributed by atoms with van der Waals surface area (Å²) in [7, 11) is 0. The number of carbonyl (C=O) groups excluding carboxylic acids is 1. The number of rotatable bonds is 9. The third kappa shape index (κ3) is 6.88. The maximum absolute atomic E-state index is 13.9. The molecule has 10 heteroatoms. The van der Waals surface area contributed by atoms with Gasteiger partial charge in [-0.25, -0.2) is 9.79 Å². The van der Waals surface area contributed by atoms with Gasteiger partial charge < -0.3 is 14.2 Å². The summed E-state index contributed by atoms with van der Waals surface area (Å²) >= 11 is 13.4. The van der Waals surface area contributed by atoms with Crippen molar-refractivity contribution in [1.82, 2.24) is 4.57 Å². The average molecular weight is 638 g/mol. The van der Waals surface area contributed by atoms with Crippen molar-refractivity contribution in [1.29, 1.82) is 0 Å². The molecule has 3 aromatic carbocycles. The van der Waals surface area contributed by atoms with Crippen molar-refractivity contribution >= 4 is 46.6 Å². The fourth-order valence-corrected chi connectivity index (χ4v) is 6.08. The minimum Gasteiger partial charge on any atom is -0.491 e. The molecule has 0 bridgehead atoms. The Balaban J connectivity index is 1.47. The topological polar surface area (TPSA) is 79.1 Å². The van der Waals surface area contributed by atoms with E-state index in [1.165, 1.54) is 11.3 Å². The van der Waals surface area contributed by atoms with Crippen molar-refractivity contribution in [3.8, 4) is 11.5 Å². The second kappa shape index (κ2) is 13.2. The number of halogens is 2. The van der Waals surface area contributed by atoms with Crippen molar-refractivity contribution in [2.24, 2.45) is 4.99 Å². The smallest absolute Gasteiger partial charge is 0.338 e. The zero-order valence-electron chi connectivity index (χ0n) is 24.1. The molecule has 1 atom stereocenters. The van der Waals surface area contributed by atoms with Crippen LogP contribution in [0.5, 0.6) is 11.5 Å². The van der Waals surface area contributed by atoms with E-state index >= 15 is 0 Å². The molecule has 0 radical (unpaired) electrons. The molecule has 7 nitrogen and oxygen atoms in total. The van der Waals surface area contributed by atoms with E-state index in [1.54, 1.807) is 30.5 Å². The van der Waals surface area contributed by atoms with Crippen LogP contribution in [0, 0.1) is 0 Å². The highest BCUT2D eigenvalue weighted by atomic mass is 35.5. The van der Waals surface area contributed by atoms with Crippen LogP contribution in [-0.2, 0) is 16.1 Å². The third-order valence-electron chi connectivity index (χ3n) is 6.65. The molecule has 0 amide bonds. The average Bonchev–Trinajstić information content (AvgIpc) is 3.27. The minimum atomic E-state index is -0.692. The van der Waals surface area contributed by atoms with Crippen LogP contribution < -0.4 is 24.4 Å². The number of thiazole rings is 1. The first kappa shape index (κ1) is 30.6. The first-order valence-electron chi connectivity index (χ1n) is 13.8. The van der Waals surface area contributed by atoms with Gasteiger partial charge in [-0.05, 0) is 86.9 Å². The molecular formula is C33H30Cl2N2O5S. The number of aromatic nitrogens is 1. The molecule has 0 aliphatic carbocycles. The van der Waals surface area contributed by atoms with Crippen molar-refractivity contribution in [3.05, 3.63) is 124 Å². The molecule has 0 spiro atoms. The molecular weight excluding hydrogens is 607 g/mol. The van der Waals surface area contributed by atoms with Gasteiger partial charge in [0.05, 0.1) is 44.6 Å². The second-order valence-electron chi connectivity index (χ2n) is 10.1. The van der Waals surface area contributed by atoms with Crippen LogP contribution in [0.2, 0.25) is 10.0 Å². The summed E-state index contributed by atoms with van der Waals surface area (Å²) in [5.41, 5.74) is 3.08. The van der Waals surface area contributed by atoms with Crippen LogP contribution in [0.1, 0.15) is 50.4 Å². The lowest BCUT2D eigenvalue weighted by atomic mass is 9.96. The van der Waals surface area contributed by atoms with Crippen molar-refractivity contribution in [2.75, 3.05) is 6.61 Å². The zero-order chi connectivity index (χ0) is 30.7. The molecule has 5 rings (SSSR count). The lowest BCUT2D eigenvalue weighted by molar-refractivity contribution is -0.139. The van der Waals surface area contributed by atoms with Gasteiger partial charge in [-0.1, -0.05) is 64.9 Å². The summed E-state index contributed by atoms with van der Waals surface area (Å²) in [6.07, 6.45) is 1.83. The van der Waals surface area contributed by atoms with Crippen molar-refractivity contribution in [3.63, 3.8) is 0 Å². The van der Waals surface area contributed by atoms with Gasteiger partial charge in [0.15, 0.2) is 4.80 Å². The Morgan fingerprint density at radius 1 is 1.02 bits per heavy atom. The quantitative estimate of drug-likeness (QED) is 0.197. The van der Waals surface area contributed by atoms with Crippen LogP contribution in [0.15, 0.2) is 87.8 Å². The van der Waals surface area contributed by atoms with E-state index in [0.717, 1.165) is 16.7 Å². The zero-order valence-corrected chi connectivity index (χ0v) is 26.4. The van der Waals surface area contributed by atoms with Crippen LogP contribution in [-0.4, -0.2) is 23.2 Å². The van der Waals surface area contributed by atoms with E-state index in [4.69, 9.17) is 37.4 Å². The highest BCUT2D eigenvalue weighted by Crippen LogP contribution is 2.32. The Morgan fingerprint density at radius 2 is 1.72 bits per heavy atom. The summed E-state index contributed by atoms with van der Waals surface area (Å²) in [5.74, 6) is 0.875. The molecule has 1 aliphatic heterocycles. The fourth-order valence-electron chi connectivity index (χ4n) is 4.72. The Morgan fingerprint density at radius 3 is 2.37 bits per heavy atom. The summed E-state index contributed by atoms with van der Waals surface area (Å²) in [6.45, 7) is 7.97. The number of hydrogen-bond acceptors (Lipinski definition) is 7. The number of carbonyl (C=O) groups is 1. The molecule has 4 aromatic rings. The Bertz CT molecular complexity index is 1860. The summed E-state index contributed by atoms with van der Waals surface area (Å²) < 4.78 is 19.1. The van der Waals surface area contributed by atoms with E-state index < -0.39 is 12.0 Å². The predicted molar refractivity (Wildman–Crippen MR) is 170 cm³/mol. The minimum absolute atomic E-state index is 0.0176. The predicted octanol–water partition coefficient (Wildman–Crippen LogP) is 6.47. The normalized spacial score (nSPS) is 14.9. The van der Waals surface area contributed by atoms with Crippen LogP contribution >= 0.6 is 34.5 Å². The van der Waals surface area contributed by atoms with Crippen molar-refractivity contribution < 1.29 is 19.0 Å². The first-order chi connectivity index (χ1) is 20.6. The first-order valence-corrected chi connectivity index (χ1v) is 15.3. The van der Waals surface area contributed by atoms with E-state index in [0.29, 0.717) is 48.8 Å². The monoisotopic (exact) mass is 636 g/mol. The van der Waals surface area contributed by atoms with Gasteiger partial charge in [0.1, 0.15) is 18.1 Å². The van der Waals surface area contributed by atoms with Crippen LogP contribution in [0.3, 0.4) is 0 Å². The molecule has 1 aromatic heterocycles. The molecule has 222 valence electrons. The van der Waals surface area contributed by atoms with Gasteiger partial charge in [0.2, 0.25) is 0 Å². The van der Waals surface area contributed by atoms with Gasteiger partial charge in [0, 0.05) is 0 Å². The van der Waals surface area contributed by atoms with E-state index in [-0.39, 0.29) is 18.3 Å². The second-order valence-corrected chi connectivity index (χ2v) is 12.0. The van der Waals surface area contributed by atoms with Crippen LogP contribution in [0.25, 0.3) is 6.08 Å². The summed E-state index contributed by atoms with van der Waals surface area (Å²) in [5, 5.41) is 0.969. The summed E-state index contributed by atoms with van der Waals surface area (Å²) in [6, 6.07) is 19.5. The number of allylic oxidation sites excluding steroid dienone is 1. The highest BCUT2D eigenvalue weighted by Gasteiger charge is 2.33. The number of esters is 1. The summed E-state index contributed by atoms with van der Waals surface area (Å²) in [4.78, 5) is 32.1. The number of benzene rings is 3. The molecule has 0 saturated heterocycles. The number of fused-ring (bicyclic) bond motifs is 1. The van der Waals surface area contributed by atoms with Gasteiger partial charge >= 0.3 is 5.97 Å². The van der Waals surface area contributed by atoms with Gasteiger partial charge in [-0.2, -0.15) is 0 Å². The molecule has 43 heavy (non-hydrogen) atoms. The SMILES string of the molecule is CCOC(=O)C1=C(C)N=c2s/c(=C/c3ccc(OCc4ccc(Cl)c(Cl)c4)cc3)c(=O)n2[C@H]1c1ccc(OC(C)C)cc1. The van der Waals surface area contributed by atoms with E-state index in [1.807, 2.05) is 74.5 Å². The van der Waals surface area contributed by atoms with Gasteiger partial charge in [0.25, 0.3) is 5.56 Å². The third-order valence-corrected chi connectivity index (χ3v) is 8.37. The molecule has 2 heterocycles. The van der Waals surface area contributed by atoms with Gasteiger partial charge in [-0.3, -0.25) is 9.36 Å². The fraction of sp³-hybridized carbons (Fsp3) is 0.242. The molecule has 0 saturated carbocycles. The maximum Gasteiger partial charge on any atom is 0.338 e. The standard InChI is InChI=1S/C33H30Cl2N2O5S/c1-5-40-32(39)29-20(4)36-33-37(30(29)23-9-13-25(14-10-23)42-19(2)3)31(38)28(43-33)17-21-6-11-24(12-7-21)41-18-22-8-15-26(34)27(35)16-22/h6-17,19,30H,5,18H2,1-4H3/b28-17+/t30-/m0/s1. The van der Waals surface area contributed by atoms with E-state index in [2.05, 4.69) is 4.99 Å². The Hall–Kier alpha value is -3.85. The Labute approximate surface area is 263 Å². The van der Waals surface area contributed by atoms with E-state index in [9.17, 15) is 9.59 Å². The molecule has 0 fully saturated rings. The molecule has 0 unspecified atom stereocenters. The van der Waals surface area contributed by atoms with Crippen molar-refractivity contribution in [2.45, 2.75) is 46.4 Å². The Kier molecular flexibility index (Phi) is 9.40. The van der Waals surface area contributed by atoms with Gasteiger partial charge in [-0.15, -0.1) is 0 Å². The maximum atomic E-state index is 13.9. The number of hydrogen-bond donors (Lipinski definition) is 0. The molecule has 0 N–H and O–H groups in total.